The van der Waals surface area contributed by atoms with Crippen LogP contribution in [0.4, 0.5) is 5.82 Å². The van der Waals surface area contributed by atoms with E-state index in [4.69, 9.17) is 22.1 Å². The average Bonchev–Trinajstić information content (AvgIpc) is 2.52. The standard InChI is InChI=1S/C16H12ClN3O/c17-13-10-12(11-4-2-1-3-5-11)6-7-14(13)21-16-9-8-15(18)19-20-16/h1-10H,(H2,18,19). The third-order valence-corrected chi connectivity index (χ3v) is 3.21. The molecule has 2 N–H and O–H groups in total. The van der Waals surface area contributed by atoms with E-state index in [9.17, 15) is 0 Å². The van der Waals surface area contributed by atoms with Gasteiger partial charge in [0.05, 0.1) is 5.02 Å². The smallest absolute Gasteiger partial charge is 0.239 e. The second kappa shape index (κ2) is 5.81. The molecule has 4 nitrogen and oxygen atoms in total. The van der Waals surface area contributed by atoms with Crippen LogP contribution >= 0.6 is 11.6 Å². The maximum absolute atomic E-state index is 6.26. The summed E-state index contributed by atoms with van der Waals surface area (Å²) in [5.74, 6) is 1.21. The molecular weight excluding hydrogens is 286 g/mol. The van der Waals surface area contributed by atoms with E-state index in [1.165, 1.54) is 0 Å². The predicted octanol–water partition coefficient (Wildman–Crippen LogP) is 4.17. The molecular formula is C16H12ClN3O. The van der Waals surface area contributed by atoms with Crippen molar-refractivity contribution in [2.45, 2.75) is 0 Å². The van der Waals surface area contributed by atoms with Gasteiger partial charge >= 0.3 is 0 Å². The normalized spacial score (nSPS) is 10.3. The van der Waals surface area contributed by atoms with Crippen molar-refractivity contribution in [2.75, 3.05) is 5.73 Å². The van der Waals surface area contributed by atoms with Gasteiger partial charge in [-0.25, -0.2) is 0 Å². The van der Waals surface area contributed by atoms with Crippen LogP contribution in [0.25, 0.3) is 11.1 Å². The molecule has 2 aromatic carbocycles. The zero-order chi connectivity index (χ0) is 14.7. The SMILES string of the molecule is Nc1ccc(Oc2ccc(-c3ccccc3)cc2Cl)nn1. The summed E-state index contributed by atoms with van der Waals surface area (Å²) in [5, 5.41) is 8.08. The molecule has 0 aliphatic carbocycles. The van der Waals surface area contributed by atoms with Crippen LogP contribution in [-0.2, 0) is 0 Å². The van der Waals surface area contributed by atoms with Crippen molar-refractivity contribution in [1.82, 2.24) is 10.2 Å². The molecule has 5 heteroatoms. The van der Waals surface area contributed by atoms with Crippen molar-refractivity contribution in [1.29, 1.82) is 0 Å². The summed E-state index contributed by atoms with van der Waals surface area (Å²) >= 11 is 6.26. The van der Waals surface area contributed by atoms with Crippen molar-refractivity contribution in [3.8, 4) is 22.8 Å². The fraction of sp³-hybridized carbons (Fsp3) is 0. The quantitative estimate of drug-likeness (QED) is 0.788. The fourth-order valence-corrected chi connectivity index (χ4v) is 2.11. The van der Waals surface area contributed by atoms with E-state index in [1.54, 1.807) is 12.1 Å². The molecule has 0 saturated heterocycles. The van der Waals surface area contributed by atoms with Gasteiger partial charge in [0, 0.05) is 6.07 Å². The highest BCUT2D eigenvalue weighted by atomic mass is 35.5. The van der Waals surface area contributed by atoms with Crippen LogP contribution in [0.15, 0.2) is 60.7 Å². The number of ether oxygens (including phenoxy) is 1. The highest BCUT2D eigenvalue weighted by molar-refractivity contribution is 6.32. The number of benzene rings is 2. The third kappa shape index (κ3) is 3.12. The Kier molecular flexibility index (Phi) is 3.71. The van der Waals surface area contributed by atoms with Crippen molar-refractivity contribution >= 4 is 17.4 Å². The molecule has 0 spiro atoms. The van der Waals surface area contributed by atoms with Gasteiger partial charge in [-0.3, -0.25) is 0 Å². The Morgan fingerprint density at radius 1 is 0.857 bits per heavy atom. The number of hydrogen-bond acceptors (Lipinski definition) is 4. The molecule has 21 heavy (non-hydrogen) atoms. The van der Waals surface area contributed by atoms with Gasteiger partial charge in [0.15, 0.2) is 0 Å². The Hall–Kier alpha value is -2.59. The number of nitrogen functional groups attached to an aromatic ring is 1. The van der Waals surface area contributed by atoms with E-state index in [1.807, 2.05) is 48.5 Å². The number of hydrogen-bond donors (Lipinski definition) is 1. The lowest BCUT2D eigenvalue weighted by molar-refractivity contribution is 0.456. The van der Waals surface area contributed by atoms with Gasteiger partial charge in [-0.05, 0) is 29.3 Å². The summed E-state index contributed by atoms with van der Waals surface area (Å²) in [7, 11) is 0. The summed E-state index contributed by atoms with van der Waals surface area (Å²) in [6, 6.07) is 18.9. The highest BCUT2D eigenvalue weighted by Gasteiger charge is 2.07. The van der Waals surface area contributed by atoms with Crippen LogP contribution in [-0.4, -0.2) is 10.2 Å². The van der Waals surface area contributed by atoms with Gasteiger partial charge in [-0.15, -0.1) is 10.2 Å². The van der Waals surface area contributed by atoms with Gasteiger partial charge in [-0.2, -0.15) is 0 Å². The molecule has 0 fully saturated rings. The van der Waals surface area contributed by atoms with Crippen LogP contribution in [0.3, 0.4) is 0 Å². The number of halogens is 1. The Labute approximate surface area is 127 Å². The lowest BCUT2D eigenvalue weighted by Gasteiger charge is -2.08. The van der Waals surface area contributed by atoms with Gasteiger partial charge in [0.25, 0.3) is 0 Å². The fourth-order valence-electron chi connectivity index (χ4n) is 1.89. The van der Waals surface area contributed by atoms with Gasteiger partial charge in [-0.1, -0.05) is 48.0 Å². The van der Waals surface area contributed by atoms with Crippen LogP contribution in [0.5, 0.6) is 11.6 Å². The van der Waals surface area contributed by atoms with Crippen LogP contribution < -0.4 is 10.5 Å². The number of aromatic nitrogens is 2. The van der Waals surface area contributed by atoms with E-state index < -0.39 is 0 Å². The van der Waals surface area contributed by atoms with E-state index >= 15 is 0 Å². The molecule has 0 aliphatic heterocycles. The monoisotopic (exact) mass is 297 g/mol. The summed E-state index contributed by atoms with van der Waals surface area (Å²) in [5.41, 5.74) is 7.60. The Bertz CT molecular complexity index is 745. The number of nitrogens with zero attached hydrogens (tertiary/aromatic N) is 2. The molecule has 3 rings (SSSR count). The zero-order valence-corrected chi connectivity index (χ0v) is 11.8. The molecule has 0 saturated carbocycles. The minimum Gasteiger partial charge on any atom is -0.436 e. The molecule has 0 radical (unpaired) electrons. The summed E-state index contributed by atoms with van der Waals surface area (Å²) in [6.45, 7) is 0. The number of nitrogens with two attached hydrogens (primary N) is 1. The largest absolute Gasteiger partial charge is 0.436 e. The third-order valence-electron chi connectivity index (χ3n) is 2.91. The first kappa shape index (κ1) is 13.4. The van der Waals surface area contributed by atoms with E-state index in [0.717, 1.165) is 11.1 Å². The molecule has 0 atom stereocenters. The lowest BCUT2D eigenvalue weighted by atomic mass is 10.1. The molecule has 0 unspecified atom stereocenters. The maximum atomic E-state index is 6.26. The molecule has 1 heterocycles. The summed E-state index contributed by atoms with van der Waals surface area (Å²) < 4.78 is 5.59. The zero-order valence-electron chi connectivity index (χ0n) is 11.0. The minimum atomic E-state index is 0.341. The van der Waals surface area contributed by atoms with Crippen LogP contribution in [0.1, 0.15) is 0 Å². The molecule has 0 amide bonds. The van der Waals surface area contributed by atoms with Crippen molar-refractivity contribution in [3.05, 3.63) is 65.7 Å². The predicted molar refractivity (Wildman–Crippen MR) is 83.4 cm³/mol. The first-order valence-corrected chi connectivity index (χ1v) is 6.72. The summed E-state index contributed by atoms with van der Waals surface area (Å²) in [6.07, 6.45) is 0. The topological polar surface area (TPSA) is 61.0 Å². The summed E-state index contributed by atoms with van der Waals surface area (Å²) in [4.78, 5) is 0. The average molecular weight is 298 g/mol. The van der Waals surface area contributed by atoms with Crippen molar-refractivity contribution in [3.63, 3.8) is 0 Å². The lowest BCUT2D eigenvalue weighted by Crippen LogP contribution is -1.95. The molecule has 1 aromatic heterocycles. The Morgan fingerprint density at radius 3 is 2.33 bits per heavy atom. The molecule has 0 aliphatic rings. The first-order chi connectivity index (χ1) is 10.2. The van der Waals surface area contributed by atoms with Gasteiger partial charge in [0.1, 0.15) is 11.6 Å². The van der Waals surface area contributed by atoms with Crippen molar-refractivity contribution < 1.29 is 4.74 Å². The minimum absolute atomic E-state index is 0.341. The molecule has 104 valence electrons. The van der Waals surface area contributed by atoms with Crippen LogP contribution in [0, 0.1) is 0 Å². The van der Waals surface area contributed by atoms with E-state index in [0.29, 0.717) is 22.5 Å². The first-order valence-electron chi connectivity index (χ1n) is 6.34. The number of rotatable bonds is 3. The van der Waals surface area contributed by atoms with E-state index in [-0.39, 0.29) is 0 Å². The second-order valence-electron chi connectivity index (χ2n) is 4.41. The molecule has 3 aromatic rings. The maximum Gasteiger partial charge on any atom is 0.239 e. The highest BCUT2D eigenvalue weighted by Crippen LogP contribution is 2.32. The van der Waals surface area contributed by atoms with E-state index in [2.05, 4.69) is 10.2 Å². The molecule has 0 bridgehead atoms. The second-order valence-corrected chi connectivity index (χ2v) is 4.82. The van der Waals surface area contributed by atoms with Crippen LogP contribution in [0.2, 0.25) is 5.02 Å². The number of anilines is 1. The van der Waals surface area contributed by atoms with Gasteiger partial charge < -0.3 is 10.5 Å². The Balaban J connectivity index is 1.86. The van der Waals surface area contributed by atoms with Gasteiger partial charge in [0.2, 0.25) is 5.88 Å². The van der Waals surface area contributed by atoms with Crippen molar-refractivity contribution in [2.24, 2.45) is 0 Å². The Morgan fingerprint density at radius 2 is 1.67 bits per heavy atom.